The number of carbonyl (C=O) groups excluding carboxylic acids is 2. The number of alkyl halides is 6. The molecule has 4 aliphatic rings. The number of benzene rings is 1. The molecule has 0 bridgehead atoms. The third kappa shape index (κ3) is 11.7. The number of hydrogen-bond acceptors (Lipinski definition) is 2. The number of hydrogen-bond donors (Lipinski definition) is 0. The number of rotatable bonds is 3. The summed E-state index contributed by atoms with van der Waals surface area (Å²) < 4.78 is 120. The molecular formula is C32H39BF10NO2P2Rh-. The largest absolute Gasteiger partial charge is 0.673 e. The van der Waals surface area contributed by atoms with Crippen molar-refractivity contribution in [3.05, 3.63) is 64.3 Å². The number of halogens is 10. The van der Waals surface area contributed by atoms with Gasteiger partial charge in [0.05, 0.1) is 27.4 Å². The molecule has 1 aromatic carbocycles. The SMILES string of the molecule is C1=C\CC/C=C\CC/1.C[C@@H]1CC[C@@H](C)P1C1=C(P2[C@H](C)CC[C@H]2C)C(=O)N(c2cc(C(F)(F)F)cc(C(F)(F)F)c2)C1=O.F[B-](F)(F)F.[Rh]. The molecule has 2 saturated heterocycles. The second-order valence-electron chi connectivity index (χ2n) is 12.4. The summed E-state index contributed by atoms with van der Waals surface area (Å²) in [5, 5.41) is 0.778. The van der Waals surface area contributed by atoms with E-state index in [2.05, 4.69) is 24.3 Å². The topological polar surface area (TPSA) is 37.4 Å². The van der Waals surface area contributed by atoms with Gasteiger partial charge in [0.2, 0.25) is 0 Å². The summed E-state index contributed by atoms with van der Waals surface area (Å²) in [6.45, 7) is 8.06. The average molecular weight is 835 g/mol. The van der Waals surface area contributed by atoms with E-state index in [9.17, 15) is 53.2 Å². The molecule has 0 unspecified atom stereocenters. The van der Waals surface area contributed by atoms with E-state index in [1.165, 1.54) is 25.7 Å². The van der Waals surface area contributed by atoms with E-state index in [1.54, 1.807) is 0 Å². The molecule has 2 fully saturated rings. The second-order valence-corrected chi connectivity index (χ2v) is 18.4. The molecule has 3 heterocycles. The smallest absolute Gasteiger partial charge is 0.418 e. The summed E-state index contributed by atoms with van der Waals surface area (Å²) in [5.41, 5.74) is -3.15. The number of carbonyl (C=O) groups is 2. The third-order valence-corrected chi connectivity index (χ3v) is 15.5. The molecule has 0 saturated carbocycles. The Hall–Kier alpha value is -1.57. The maximum atomic E-state index is 13.8. The summed E-state index contributed by atoms with van der Waals surface area (Å²) >= 11 is 0. The van der Waals surface area contributed by atoms with Crippen molar-refractivity contribution in [3.8, 4) is 0 Å². The summed E-state index contributed by atoms with van der Waals surface area (Å²) in [7, 11) is -8.13. The number of nitrogens with zero attached hydrogens (tertiary/aromatic N) is 1. The fraction of sp³-hybridized carbons (Fsp3) is 0.562. The molecule has 49 heavy (non-hydrogen) atoms. The molecule has 3 aliphatic heterocycles. The average Bonchev–Trinajstić information content (AvgIpc) is 3.52. The standard InChI is InChI=1S/C24H27F6NO2P2.C8H12.BF4.Rh/c1-12-5-6-13(2)34(12)19-20(35-14(3)7-8-15(35)4)22(33)31(21(19)32)18-10-16(23(25,26)27)9-17(11-18)24(28,29)30;1-2-4-6-8-7-5-3-1;2-1(3,4)5;/h9-15H,5-8H2,1-4H3;1-2,7-8H,3-6H2;;/q;;-1;/b;2-1-,8-7-;;/t12-,13-,14-,15-;;;/m1.../s1. The Morgan fingerprint density at radius 1 is 0.592 bits per heavy atom. The van der Waals surface area contributed by atoms with E-state index in [-0.39, 0.29) is 48.2 Å². The van der Waals surface area contributed by atoms with Crippen molar-refractivity contribution < 1.29 is 72.7 Å². The van der Waals surface area contributed by atoms with E-state index in [0.717, 1.165) is 25.7 Å². The molecule has 1 aliphatic carbocycles. The van der Waals surface area contributed by atoms with Gasteiger partial charge >= 0.3 is 19.6 Å². The van der Waals surface area contributed by atoms with Crippen LogP contribution in [-0.4, -0.2) is 41.7 Å². The Morgan fingerprint density at radius 2 is 0.857 bits per heavy atom. The fourth-order valence-corrected chi connectivity index (χ4v) is 13.6. The predicted octanol–water partition coefficient (Wildman–Crippen LogP) is 11.9. The summed E-state index contributed by atoms with van der Waals surface area (Å²) in [6, 6.07) is 0.977. The van der Waals surface area contributed by atoms with Crippen molar-refractivity contribution in [1.29, 1.82) is 0 Å². The molecule has 4 atom stereocenters. The van der Waals surface area contributed by atoms with E-state index in [1.807, 2.05) is 27.7 Å². The molecule has 0 aromatic heterocycles. The van der Waals surface area contributed by atoms with Gasteiger partial charge in [-0.1, -0.05) is 67.8 Å². The van der Waals surface area contributed by atoms with Gasteiger partial charge in [0.25, 0.3) is 11.8 Å². The number of amides is 2. The van der Waals surface area contributed by atoms with Crippen molar-refractivity contribution in [2.45, 2.75) is 114 Å². The molecule has 1 aromatic rings. The normalized spacial score (nSPS) is 26.7. The Balaban J connectivity index is 0.000000500. The molecule has 5 rings (SSSR count). The van der Waals surface area contributed by atoms with Gasteiger partial charge < -0.3 is 17.3 Å². The van der Waals surface area contributed by atoms with Crippen molar-refractivity contribution >= 4 is 40.6 Å². The zero-order valence-electron chi connectivity index (χ0n) is 27.4. The van der Waals surface area contributed by atoms with Gasteiger partial charge in [0.15, 0.2) is 0 Å². The Kier molecular flexibility index (Phi) is 15.8. The van der Waals surface area contributed by atoms with Gasteiger partial charge in [0.1, 0.15) is 0 Å². The number of allylic oxidation sites excluding steroid dienone is 4. The third-order valence-electron chi connectivity index (χ3n) is 8.62. The Bertz CT molecular complexity index is 1280. The van der Waals surface area contributed by atoms with Gasteiger partial charge in [-0.05, 0) is 92.2 Å². The van der Waals surface area contributed by atoms with Gasteiger partial charge in [-0.3, -0.25) is 9.59 Å². The molecule has 2 amide bonds. The van der Waals surface area contributed by atoms with Crippen molar-refractivity contribution in [2.75, 3.05) is 4.90 Å². The predicted molar refractivity (Wildman–Crippen MR) is 173 cm³/mol. The quantitative estimate of drug-likeness (QED) is 0.100. The van der Waals surface area contributed by atoms with Crippen molar-refractivity contribution in [1.82, 2.24) is 0 Å². The first-order valence-electron chi connectivity index (χ1n) is 15.8. The molecule has 17 heteroatoms. The van der Waals surface area contributed by atoms with E-state index in [0.29, 0.717) is 27.7 Å². The van der Waals surface area contributed by atoms with Gasteiger partial charge in [-0.25, -0.2) is 4.90 Å². The molecule has 0 N–H and O–H groups in total. The van der Waals surface area contributed by atoms with Crippen LogP contribution in [0.25, 0.3) is 0 Å². The van der Waals surface area contributed by atoms with E-state index < -0.39 is 64.1 Å². The summed E-state index contributed by atoms with van der Waals surface area (Å²) in [6.07, 6.45) is 7.34. The van der Waals surface area contributed by atoms with Crippen LogP contribution in [0, 0.1) is 0 Å². The zero-order chi connectivity index (χ0) is 36.2. The van der Waals surface area contributed by atoms with Gasteiger partial charge in [0, 0.05) is 19.5 Å². The minimum Gasteiger partial charge on any atom is -0.418 e. The Labute approximate surface area is 295 Å². The maximum Gasteiger partial charge on any atom is 0.673 e. The monoisotopic (exact) mass is 835 g/mol. The van der Waals surface area contributed by atoms with Gasteiger partial charge in [-0.2, -0.15) is 26.3 Å². The van der Waals surface area contributed by atoms with Crippen LogP contribution in [0.4, 0.5) is 49.3 Å². The minimum atomic E-state index is -6.00. The van der Waals surface area contributed by atoms with Crippen molar-refractivity contribution in [2.24, 2.45) is 0 Å². The van der Waals surface area contributed by atoms with Crippen LogP contribution in [0.5, 0.6) is 0 Å². The number of anilines is 1. The summed E-state index contributed by atoms with van der Waals surface area (Å²) in [5.74, 6) is -1.48. The van der Waals surface area contributed by atoms with Crippen LogP contribution in [0.1, 0.15) is 90.2 Å². The Morgan fingerprint density at radius 3 is 1.10 bits per heavy atom. The molecule has 1 radical (unpaired) electrons. The van der Waals surface area contributed by atoms with Crippen LogP contribution >= 0.6 is 15.8 Å². The van der Waals surface area contributed by atoms with Crippen LogP contribution in [-0.2, 0) is 41.4 Å². The van der Waals surface area contributed by atoms with Gasteiger partial charge in [-0.15, -0.1) is 0 Å². The maximum absolute atomic E-state index is 13.8. The zero-order valence-corrected chi connectivity index (χ0v) is 30.8. The molecule has 0 spiro atoms. The molecule has 3 nitrogen and oxygen atoms in total. The van der Waals surface area contributed by atoms with Crippen LogP contribution in [0.3, 0.4) is 0 Å². The molecular weight excluding hydrogens is 796 g/mol. The first-order valence-corrected chi connectivity index (χ1v) is 18.7. The second kappa shape index (κ2) is 17.8. The van der Waals surface area contributed by atoms with Crippen LogP contribution in [0.2, 0.25) is 0 Å². The first kappa shape index (κ1) is 43.6. The van der Waals surface area contributed by atoms with Crippen LogP contribution in [0.15, 0.2) is 53.1 Å². The van der Waals surface area contributed by atoms with E-state index >= 15 is 0 Å². The number of imide groups is 1. The fourth-order valence-electron chi connectivity index (χ4n) is 6.40. The molecule has 277 valence electrons. The van der Waals surface area contributed by atoms with Crippen LogP contribution < -0.4 is 4.90 Å². The summed E-state index contributed by atoms with van der Waals surface area (Å²) in [4.78, 5) is 28.2. The van der Waals surface area contributed by atoms with E-state index in [4.69, 9.17) is 0 Å². The van der Waals surface area contributed by atoms with Crippen molar-refractivity contribution in [3.63, 3.8) is 0 Å². The minimum absolute atomic E-state index is 0. The first-order chi connectivity index (χ1) is 22.1.